The summed E-state index contributed by atoms with van der Waals surface area (Å²) >= 11 is 0. The van der Waals surface area contributed by atoms with Crippen molar-refractivity contribution in [1.29, 1.82) is 10.5 Å². The molecule has 8 heteroatoms. The van der Waals surface area contributed by atoms with Crippen molar-refractivity contribution in [1.82, 2.24) is 10.6 Å². The first-order valence-electron chi connectivity index (χ1n) is 16.2. The molecule has 0 radical (unpaired) electrons. The van der Waals surface area contributed by atoms with Crippen LogP contribution in [-0.4, -0.2) is 43.3 Å². The van der Waals surface area contributed by atoms with Gasteiger partial charge in [0, 0.05) is 30.3 Å². The maximum atomic E-state index is 14.6. The number of carbonyl (C=O) groups excluding carboxylic acids is 2. The van der Waals surface area contributed by atoms with Crippen LogP contribution in [0.1, 0.15) is 92.4 Å². The molecular formula is C35H47N5O3. The van der Waals surface area contributed by atoms with Crippen LogP contribution >= 0.6 is 0 Å². The van der Waals surface area contributed by atoms with E-state index in [2.05, 4.69) is 42.5 Å². The molecule has 43 heavy (non-hydrogen) atoms. The van der Waals surface area contributed by atoms with Gasteiger partial charge >= 0.3 is 0 Å². The van der Waals surface area contributed by atoms with Gasteiger partial charge in [0.15, 0.2) is 17.8 Å². The Morgan fingerprint density at radius 3 is 2.40 bits per heavy atom. The summed E-state index contributed by atoms with van der Waals surface area (Å²) in [5, 5.41) is 24.6. The molecule has 0 unspecified atom stereocenters. The average molecular weight is 586 g/mol. The van der Waals surface area contributed by atoms with Crippen molar-refractivity contribution in [2.24, 2.45) is 49.8 Å². The Hall–Kier alpha value is -2.97. The average Bonchev–Trinajstić information content (AvgIpc) is 3.73. The fraction of sp³-hybridized carbons (Fsp3) is 0.743. The van der Waals surface area contributed by atoms with Gasteiger partial charge in [0.25, 0.3) is 0 Å². The Morgan fingerprint density at radius 1 is 1.05 bits per heavy atom. The van der Waals surface area contributed by atoms with Crippen molar-refractivity contribution in [3.63, 3.8) is 0 Å². The molecule has 7 atom stereocenters. The highest BCUT2D eigenvalue weighted by atomic mass is 16.5. The highest BCUT2D eigenvalue weighted by molar-refractivity contribution is 6.04. The third-order valence-electron chi connectivity index (χ3n) is 13.7. The van der Waals surface area contributed by atoms with Crippen molar-refractivity contribution in [3.05, 3.63) is 23.3 Å². The fourth-order valence-electron chi connectivity index (χ4n) is 10.9. The molecule has 0 aromatic carbocycles. The lowest BCUT2D eigenvalue weighted by atomic mass is 9.35. The van der Waals surface area contributed by atoms with Crippen LogP contribution in [0.15, 0.2) is 28.3 Å². The molecule has 0 aromatic heterocycles. The zero-order valence-electron chi connectivity index (χ0n) is 26.7. The van der Waals surface area contributed by atoms with Crippen molar-refractivity contribution in [3.8, 4) is 12.3 Å². The van der Waals surface area contributed by atoms with E-state index in [4.69, 9.17) is 10.00 Å². The van der Waals surface area contributed by atoms with E-state index < -0.39 is 10.8 Å². The van der Waals surface area contributed by atoms with E-state index in [1.165, 1.54) is 12.8 Å². The highest BCUT2D eigenvalue weighted by Gasteiger charge is 2.71. The van der Waals surface area contributed by atoms with Gasteiger partial charge in [-0.25, -0.2) is 0 Å². The lowest BCUT2D eigenvalue weighted by Gasteiger charge is -2.68. The van der Waals surface area contributed by atoms with E-state index in [0.29, 0.717) is 24.5 Å². The van der Waals surface area contributed by atoms with Crippen LogP contribution in [0.4, 0.5) is 0 Å². The number of allylic oxidation sites excluding steroid dienone is 4. The first-order valence-corrected chi connectivity index (χ1v) is 16.2. The number of hydrogen-bond donors (Lipinski definition) is 2. The molecule has 0 aliphatic heterocycles. The van der Waals surface area contributed by atoms with Crippen LogP contribution in [0, 0.1) is 67.6 Å². The summed E-state index contributed by atoms with van der Waals surface area (Å²) in [5.41, 5.74) is -0.235. The number of aliphatic imine (C=N–C) groups is 1. The topological polar surface area (TPSA) is 127 Å². The largest absolute Gasteiger partial charge is 0.373 e. The number of guanidine groups is 1. The number of hydrogen-bond acceptors (Lipinski definition) is 6. The zero-order valence-corrected chi connectivity index (χ0v) is 26.7. The summed E-state index contributed by atoms with van der Waals surface area (Å²) in [6.07, 6.45) is 15.1. The number of nitrogens with one attached hydrogen (secondary N) is 2. The Morgan fingerprint density at radius 2 is 1.74 bits per heavy atom. The van der Waals surface area contributed by atoms with Gasteiger partial charge in [0.1, 0.15) is 6.07 Å². The van der Waals surface area contributed by atoms with Gasteiger partial charge in [-0.3, -0.25) is 19.9 Å². The number of nitriles is 2. The number of fused-ring (bicyclic) bond motifs is 7. The molecule has 0 heterocycles. The van der Waals surface area contributed by atoms with Crippen LogP contribution in [0.3, 0.4) is 0 Å². The predicted octanol–water partition coefficient (Wildman–Crippen LogP) is 5.38. The van der Waals surface area contributed by atoms with Crippen LogP contribution in [0.25, 0.3) is 0 Å². The molecule has 4 saturated carbocycles. The minimum Gasteiger partial charge on any atom is -0.373 e. The number of carbonyl (C=O) groups is 2. The van der Waals surface area contributed by atoms with Crippen LogP contribution < -0.4 is 10.6 Å². The standard InChI is InChI=1S/C35H47N5O3/c1-30(2)25-7-8-32(4)26(31(25,3)18-22(20-36)28(30)42)17-24(41)27-23-19-34(10-11-34)12-14-35(23,13-9-33(27,32)5)43-16-15-39-29(38-6)40-21-37/h17-18,23,25,27H,7-16,19H2,1-6H3,(H2,38,39,40)/t23-,25-,27-,31-,32+,33+,35+/m0/s1. The van der Waals surface area contributed by atoms with Gasteiger partial charge in [-0.05, 0) is 91.9 Å². The van der Waals surface area contributed by atoms with Crippen molar-refractivity contribution >= 4 is 17.5 Å². The molecule has 6 aliphatic carbocycles. The Kier molecular flexibility index (Phi) is 6.83. The summed E-state index contributed by atoms with van der Waals surface area (Å²) in [6.45, 7) is 11.9. The lowest BCUT2D eigenvalue weighted by molar-refractivity contribution is -0.209. The van der Waals surface area contributed by atoms with Crippen molar-refractivity contribution in [2.45, 2.75) is 98.0 Å². The van der Waals surface area contributed by atoms with Gasteiger partial charge in [-0.2, -0.15) is 10.5 Å². The Labute approximate surface area is 256 Å². The van der Waals surface area contributed by atoms with Crippen LogP contribution in [0.5, 0.6) is 0 Å². The van der Waals surface area contributed by atoms with E-state index >= 15 is 0 Å². The molecule has 0 amide bonds. The highest BCUT2D eigenvalue weighted by Crippen LogP contribution is 2.75. The van der Waals surface area contributed by atoms with E-state index in [1.807, 2.05) is 32.2 Å². The summed E-state index contributed by atoms with van der Waals surface area (Å²) in [7, 11) is 1.63. The smallest absolute Gasteiger partial charge is 0.204 e. The molecule has 6 rings (SSSR count). The molecular weight excluding hydrogens is 538 g/mol. The van der Waals surface area contributed by atoms with Crippen molar-refractivity contribution < 1.29 is 14.3 Å². The normalized spacial score (nSPS) is 42.1. The number of nitrogens with zero attached hydrogens (tertiary/aromatic N) is 3. The van der Waals surface area contributed by atoms with Gasteiger partial charge < -0.3 is 10.1 Å². The Bertz CT molecular complexity index is 1430. The van der Waals surface area contributed by atoms with Gasteiger partial charge in [0.2, 0.25) is 5.96 Å². The summed E-state index contributed by atoms with van der Waals surface area (Å²) in [5.74, 6) is 0.653. The summed E-state index contributed by atoms with van der Waals surface area (Å²) in [6, 6.07) is 2.20. The molecule has 230 valence electrons. The van der Waals surface area contributed by atoms with Gasteiger partial charge in [-0.1, -0.05) is 46.3 Å². The lowest BCUT2D eigenvalue weighted by Crippen LogP contribution is -2.66. The van der Waals surface area contributed by atoms with Gasteiger partial charge in [-0.15, -0.1) is 0 Å². The zero-order chi connectivity index (χ0) is 31.1. The third-order valence-corrected chi connectivity index (χ3v) is 13.7. The van der Waals surface area contributed by atoms with E-state index in [9.17, 15) is 14.9 Å². The number of ether oxygens (including phenoxy) is 1. The van der Waals surface area contributed by atoms with E-state index in [1.54, 1.807) is 7.05 Å². The third kappa shape index (κ3) is 4.12. The van der Waals surface area contributed by atoms with E-state index in [0.717, 1.165) is 50.5 Å². The molecule has 1 spiro atoms. The second kappa shape index (κ2) is 9.77. The molecule has 4 fully saturated rings. The quantitative estimate of drug-likeness (QED) is 0.149. The number of ketones is 2. The fourth-order valence-corrected chi connectivity index (χ4v) is 10.9. The van der Waals surface area contributed by atoms with Crippen LogP contribution in [0.2, 0.25) is 0 Å². The Balaban J connectivity index is 1.37. The second-order valence-corrected chi connectivity index (χ2v) is 15.7. The second-order valence-electron chi connectivity index (χ2n) is 15.7. The predicted molar refractivity (Wildman–Crippen MR) is 163 cm³/mol. The SMILES string of the molecule is CN=C(NC#N)NCCO[C@]12CCC3(CC3)C[C@H]1[C@H]1C(=O)C=C3[C@@]4(C)C=C(C#N)C(=O)C(C)(C)[C@@H]4CC[C@@]3(C)[C@]1(C)CC2. The summed E-state index contributed by atoms with van der Waals surface area (Å²) < 4.78 is 6.87. The minimum absolute atomic E-state index is 0.0480. The number of rotatable bonds is 4. The van der Waals surface area contributed by atoms with E-state index in [-0.39, 0.29) is 51.3 Å². The van der Waals surface area contributed by atoms with Crippen LogP contribution in [-0.2, 0) is 14.3 Å². The summed E-state index contributed by atoms with van der Waals surface area (Å²) in [4.78, 5) is 32.0. The van der Waals surface area contributed by atoms with Gasteiger partial charge in [0.05, 0.1) is 17.8 Å². The van der Waals surface area contributed by atoms with Crippen molar-refractivity contribution in [2.75, 3.05) is 20.2 Å². The first-order chi connectivity index (χ1) is 20.3. The molecule has 0 aromatic rings. The molecule has 0 saturated heterocycles. The molecule has 8 nitrogen and oxygen atoms in total. The molecule has 6 aliphatic rings. The minimum atomic E-state index is -0.659. The maximum Gasteiger partial charge on any atom is 0.204 e. The molecule has 2 N–H and O–H groups in total. The maximum absolute atomic E-state index is 14.6. The molecule has 0 bridgehead atoms. The monoisotopic (exact) mass is 585 g/mol. The first kappa shape index (κ1) is 30.1. The number of Topliss-reactive ketones (excluding diaryl/α,β-unsaturated/α-hetero) is 1.